The van der Waals surface area contributed by atoms with Gasteiger partial charge in [0.2, 0.25) is 0 Å². The maximum absolute atomic E-state index is 14.2. The standard InChI is InChI=1S/C31H32F3N7O5S2Si/c1-39-25-23(16-35-41(30(25)42)17-20-9-8-10-21(15-20)46-31(32,33)34)26-28(39)36-29(47-26)27(48(43,44)22-11-6-5-7-12-22)24-18-40(38-37-24)19-45-13-14-49(2,3)4/h5-12,15-16,18,27H,13-14,17,19H2,1-4H3. The van der Waals surface area contributed by atoms with Crippen molar-refractivity contribution in [3.8, 4) is 5.75 Å². The molecule has 0 saturated carbocycles. The molecule has 0 aliphatic heterocycles. The van der Waals surface area contributed by atoms with Crippen molar-refractivity contribution in [3.63, 3.8) is 0 Å². The van der Waals surface area contributed by atoms with Crippen molar-refractivity contribution in [1.82, 2.24) is 34.3 Å². The van der Waals surface area contributed by atoms with Gasteiger partial charge in [0.25, 0.3) is 5.56 Å². The van der Waals surface area contributed by atoms with E-state index in [-0.39, 0.29) is 34.4 Å². The fourth-order valence-corrected chi connectivity index (χ4v) is 9.18. The maximum atomic E-state index is 14.2. The number of hydrogen-bond donors (Lipinski definition) is 0. The topological polar surface area (TPSA) is 136 Å². The van der Waals surface area contributed by atoms with Crippen molar-refractivity contribution in [1.29, 1.82) is 0 Å². The summed E-state index contributed by atoms with van der Waals surface area (Å²) in [5.41, 5.74) is 0.651. The number of halogens is 3. The molecule has 4 heterocycles. The molecule has 4 aromatic heterocycles. The average Bonchev–Trinajstić information content (AvgIpc) is 3.73. The van der Waals surface area contributed by atoms with E-state index in [1.54, 1.807) is 42.1 Å². The number of benzene rings is 2. The Kier molecular flexibility index (Phi) is 9.25. The van der Waals surface area contributed by atoms with Crippen LogP contribution in [0.4, 0.5) is 13.2 Å². The molecular weight excluding hydrogens is 700 g/mol. The smallest absolute Gasteiger partial charge is 0.406 e. The fourth-order valence-electron chi connectivity index (χ4n) is 5.24. The SMILES string of the molecule is Cn1c2nc(C(c3cn(COCC[Si](C)(C)C)nn3)S(=O)(=O)c3ccccc3)sc2c2cnn(Cc3cccc(OC(F)(F)F)c3)c(=O)c21. The molecule has 0 radical (unpaired) electrons. The summed E-state index contributed by atoms with van der Waals surface area (Å²) < 4.78 is 81.0. The summed E-state index contributed by atoms with van der Waals surface area (Å²) in [5, 5.41) is 12.0. The first-order valence-electron chi connectivity index (χ1n) is 15.1. The van der Waals surface area contributed by atoms with Gasteiger partial charge in [0.15, 0.2) is 20.7 Å². The number of nitrogens with zero attached hydrogens (tertiary/aromatic N) is 7. The Morgan fingerprint density at radius 1 is 1.06 bits per heavy atom. The molecule has 0 spiro atoms. The molecule has 6 aromatic rings. The molecule has 2 aromatic carbocycles. The fraction of sp³-hybridized carbons (Fsp3) is 0.323. The molecule has 0 saturated heterocycles. The Morgan fingerprint density at radius 2 is 1.82 bits per heavy atom. The molecular formula is C31H32F3N7O5S2Si. The van der Waals surface area contributed by atoms with E-state index >= 15 is 0 Å². The molecule has 18 heteroatoms. The largest absolute Gasteiger partial charge is 0.573 e. The van der Waals surface area contributed by atoms with Crippen molar-refractivity contribution in [2.75, 3.05) is 6.61 Å². The number of hydrogen-bond acceptors (Lipinski definition) is 10. The molecule has 1 unspecified atom stereocenters. The molecule has 0 bridgehead atoms. The van der Waals surface area contributed by atoms with E-state index in [2.05, 4.69) is 39.8 Å². The Bertz CT molecular complexity index is 2300. The molecule has 49 heavy (non-hydrogen) atoms. The number of aryl methyl sites for hydroxylation is 1. The van der Waals surface area contributed by atoms with E-state index in [1.807, 2.05) is 0 Å². The Morgan fingerprint density at radius 3 is 2.53 bits per heavy atom. The maximum Gasteiger partial charge on any atom is 0.573 e. The van der Waals surface area contributed by atoms with Crippen LogP contribution in [0.5, 0.6) is 5.75 Å². The zero-order valence-corrected chi connectivity index (χ0v) is 29.5. The minimum atomic E-state index is -4.86. The van der Waals surface area contributed by atoms with E-state index < -0.39 is 40.8 Å². The summed E-state index contributed by atoms with van der Waals surface area (Å²) in [6.07, 6.45) is -1.85. The van der Waals surface area contributed by atoms with E-state index in [1.165, 1.54) is 41.2 Å². The van der Waals surface area contributed by atoms with Crippen LogP contribution in [0.15, 0.2) is 76.7 Å². The first-order valence-corrected chi connectivity index (χ1v) is 21.1. The lowest BCUT2D eigenvalue weighted by atomic mass is 10.2. The lowest BCUT2D eigenvalue weighted by molar-refractivity contribution is -0.274. The number of ether oxygens (including phenoxy) is 2. The number of sulfone groups is 1. The van der Waals surface area contributed by atoms with Crippen LogP contribution in [0.3, 0.4) is 0 Å². The van der Waals surface area contributed by atoms with Crippen LogP contribution in [0.1, 0.15) is 21.5 Å². The predicted molar refractivity (Wildman–Crippen MR) is 180 cm³/mol. The van der Waals surface area contributed by atoms with Gasteiger partial charge in [-0.05, 0) is 35.9 Å². The zero-order chi connectivity index (χ0) is 35.1. The molecule has 6 rings (SSSR count). The lowest BCUT2D eigenvalue weighted by Crippen LogP contribution is -2.24. The quantitative estimate of drug-likeness (QED) is 0.114. The van der Waals surface area contributed by atoms with Crippen LogP contribution in [0.2, 0.25) is 25.7 Å². The van der Waals surface area contributed by atoms with Gasteiger partial charge in [0.05, 0.1) is 28.5 Å². The van der Waals surface area contributed by atoms with E-state index in [0.29, 0.717) is 27.9 Å². The molecule has 0 aliphatic rings. The summed E-state index contributed by atoms with van der Waals surface area (Å²) in [6.45, 7) is 7.28. The van der Waals surface area contributed by atoms with Crippen molar-refractivity contribution < 1.29 is 31.1 Å². The van der Waals surface area contributed by atoms with Gasteiger partial charge in [0, 0.05) is 27.1 Å². The molecule has 258 valence electrons. The van der Waals surface area contributed by atoms with Gasteiger partial charge in [-0.15, -0.1) is 29.6 Å². The van der Waals surface area contributed by atoms with Crippen LogP contribution in [0.25, 0.3) is 21.3 Å². The molecule has 0 aliphatic carbocycles. The van der Waals surface area contributed by atoms with Crippen LogP contribution < -0.4 is 10.3 Å². The highest BCUT2D eigenvalue weighted by molar-refractivity contribution is 7.92. The van der Waals surface area contributed by atoms with Gasteiger partial charge in [0.1, 0.15) is 28.7 Å². The number of fused-ring (bicyclic) bond motifs is 3. The van der Waals surface area contributed by atoms with Crippen molar-refractivity contribution >= 4 is 50.5 Å². The normalized spacial score (nSPS) is 13.4. The minimum Gasteiger partial charge on any atom is -0.406 e. The third-order valence-corrected chi connectivity index (χ3v) is 12.7. The van der Waals surface area contributed by atoms with E-state index in [9.17, 15) is 26.4 Å². The second kappa shape index (κ2) is 13.1. The third-order valence-electron chi connectivity index (χ3n) is 7.66. The molecule has 12 nitrogen and oxygen atoms in total. The first-order chi connectivity index (χ1) is 23.1. The monoisotopic (exact) mass is 731 g/mol. The third kappa shape index (κ3) is 7.46. The minimum absolute atomic E-state index is 0.0827. The second-order valence-electron chi connectivity index (χ2n) is 12.6. The summed E-state index contributed by atoms with van der Waals surface area (Å²) in [6, 6.07) is 14.3. The van der Waals surface area contributed by atoms with Gasteiger partial charge in [-0.25, -0.2) is 22.8 Å². The molecule has 1 atom stereocenters. The number of aromatic nitrogens is 7. The van der Waals surface area contributed by atoms with E-state index in [4.69, 9.17) is 9.72 Å². The Labute approximate surface area is 283 Å². The van der Waals surface area contributed by atoms with Crippen molar-refractivity contribution in [2.24, 2.45) is 7.05 Å². The number of rotatable bonds is 12. The summed E-state index contributed by atoms with van der Waals surface area (Å²) in [4.78, 5) is 18.4. The van der Waals surface area contributed by atoms with Gasteiger partial charge >= 0.3 is 6.36 Å². The predicted octanol–water partition coefficient (Wildman–Crippen LogP) is 5.76. The zero-order valence-electron chi connectivity index (χ0n) is 26.9. The van der Waals surface area contributed by atoms with E-state index in [0.717, 1.165) is 22.1 Å². The van der Waals surface area contributed by atoms with Crippen LogP contribution >= 0.6 is 11.3 Å². The van der Waals surface area contributed by atoms with Gasteiger partial charge in [-0.3, -0.25) is 4.79 Å². The van der Waals surface area contributed by atoms with Crippen molar-refractivity contribution in [2.45, 2.75) is 55.5 Å². The molecule has 0 fully saturated rings. The molecule has 0 N–H and O–H groups in total. The van der Waals surface area contributed by atoms with Gasteiger partial charge in [-0.1, -0.05) is 55.2 Å². The number of alkyl halides is 3. The van der Waals surface area contributed by atoms with Gasteiger partial charge < -0.3 is 14.0 Å². The molecule has 0 amide bonds. The highest BCUT2D eigenvalue weighted by Crippen LogP contribution is 2.40. The lowest BCUT2D eigenvalue weighted by Gasteiger charge is -2.15. The summed E-state index contributed by atoms with van der Waals surface area (Å²) >= 11 is 1.11. The first kappa shape index (κ1) is 34.5. The van der Waals surface area contributed by atoms with Crippen molar-refractivity contribution in [3.05, 3.63) is 93.6 Å². The Balaban J connectivity index is 1.36. The second-order valence-corrected chi connectivity index (χ2v) is 21.3. The highest BCUT2D eigenvalue weighted by Gasteiger charge is 2.37. The Hall–Kier alpha value is -4.39. The average molecular weight is 732 g/mol. The van der Waals surface area contributed by atoms with Gasteiger partial charge in [-0.2, -0.15) is 5.10 Å². The summed E-state index contributed by atoms with van der Waals surface area (Å²) in [5.74, 6) is -0.412. The highest BCUT2D eigenvalue weighted by atomic mass is 32.2. The van der Waals surface area contributed by atoms with Crippen LogP contribution in [0, 0.1) is 0 Å². The van der Waals surface area contributed by atoms with Crippen LogP contribution in [-0.4, -0.2) is 63.8 Å². The summed E-state index contributed by atoms with van der Waals surface area (Å²) in [7, 11) is -3.74. The van der Waals surface area contributed by atoms with Crippen LogP contribution in [-0.2, 0) is 34.9 Å². The number of thiazole rings is 1.